The van der Waals surface area contributed by atoms with Gasteiger partial charge in [-0.25, -0.2) is 0 Å². The molecule has 2 fully saturated rings. The van der Waals surface area contributed by atoms with E-state index in [1.165, 1.54) is 0 Å². The third kappa shape index (κ3) is 5.56. The van der Waals surface area contributed by atoms with E-state index in [2.05, 4.69) is 25.8 Å². The fourth-order valence-corrected chi connectivity index (χ4v) is 4.27. The molecular weight excluding hydrogens is 366 g/mol. The van der Waals surface area contributed by atoms with Crippen LogP contribution in [0.25, 0.3) is 0 Å². The van der Waals surface area contributed by atoms with Gasteiger partial charge < -0.3 is 14.5 Å². The van der Waals surface area contributed by atoms with Crippen LogP contribution in [0.4, 0.5) is 0 Å². The highest BCUT2D eigenvalue weighted by Crippen LogP contribution is 2.26. The lowest BCUT2D eigenvalue weighted by molar-refractivity contribution is -0.155. The molecule has 3 rings (SSSR count). The largest absolute Gasteiger partial charge is 0.371 e. The lowest BCUT2D eigenvalue weighted by atomic mass is 9.93. The molecule has 2 amide bonds. The van der Waals surface area contributed by atoms with Gasteiger partial charge in [-0.15, -0.1) is 0 Å². The fourth-order valence-electron chi connectivity index (χ4n) is 4.27. The molecule has 0 bridgehead atoms. The molecule has 2 aliphatic heterocycles. The molecule has 0 N–H and O–H groups in total. The molecule has 29 heavy (non-hydrogen) atoms. The van der Waals surface area contributed by atoms with Crippen molar-refractivity contribution < 1.29 is 14.3 Å². The molecular formula is C23H35N3O3. The van der Waals surface area contributed by atoms with Gasteiger partial charge in [0.25, 0.3) is 5.91 Å². The van der Waals surface area contributed by atoms with Gasteiger partial charge in [0.05, 0.1) is 12.2 Å². The SMILES string of the molecule is CCCC[C@@H]1CN(C(=O)C2CCN(C(=O)c3ccncc3)CC2)C[C@H](C(C)C)O1. The number of pyridine rings is 1. The summed E-state index contributed by atoms with van der Waals surface area (Å²) in [5.74, 6) is 0.685. The molecule has 0 aromatic carbocycles. The van der Waals surface area contributed by atoms with E-state index in [9.17, 15) is 9.59 Å². The summed E-state index contributed by atoms with van der Waals surface area (Å²) in [7, 11) is 0. The number of hydrogen-bond acceptors (Lipinski definition) is 4. The predicted octanol–water partition coefficient (Wildman–Crippen LogP) is 3.38. The van der Waals surface area contributed by atoms with E-state index in [0.29, 0.717) is 37.7 Å². The quantitative estimate of drug-likeness (QED) is 0.733. The number of hydrogen-bond donors (Lipinski definition) is 0. The second kappa shape index (κ2) is 10.2. The van der Waals surface area contributed by atoms with Gasteiger partial charge in [0.15, 0.2) is 0 Å². The molecule has 160 valence electrons. The van der Waals surface area contributed by atoms with Crippen LogP contribution in [0.3, 0.4) is 0 Å². The number of aromatic nitrogens is 1. The highest BCUT2D eigenvalue weighted by atomic mass is 16.5. The number of rotatable bonds is 6. The summed E-state index contributed by atoms with van der Waals surface area (Å²) >= 11 is 0. The first-order valence-corrected chi connectivity index (χ1v) is 11.1. The third-order valence-electron chi connectivity index (χ3n) is 6.19. The maximum Gasteiger partial charge on any atom is 0.253 e. The first kappa shape index (κ1) is 21.8. The molecule has 0 spiro atoms. The highest BCUT2D eigenvalue weighted by Gasteiger charge is 2.36. The van der Waals surface area contributed by atoms with Gasteiger partial charge in [0.2, 0.25) is 5.91 Å². The van der Waals surface area contributed by atoms with Crippen LogP contribution in [0.5, 0.6) is 0 Å². The number of piperidine rings is 1. The van der Waals surface area contributed by atoms with Gasteiger partial charge in [0, 0.05) is 50.1 Å². The molecule has 6 heteroatoms. The second-order valence-corrected chi connectivity index (χ2v) is 8.73. The van der Waals surface area contributed by atoms with Crippen LogP contribution in [0.1, 0.15) is 63.2 Å². The topological polar surface area (TPSA) is 62.7 Å². The zero-order chi connectivity index (χ0) is 20.8. The Hall–Kier alpha value is -1.95. The van der Waals surface area contributed by atoms with E-state index in [1.54, 1.807) is 24.5 Å². The summed E-state index contributed by atoms with van der Waals surface area (Å²) in [6, 6.07) is 3.49. The van der Waals surface area contributed by atoms with Crippen LogP contribution in [0.2, 0.25) is 0 Å². The van der Waals surface area contributed by atoms with Crippen molar-refractivity contribution in [3.05, 3.63) is 30.1 Å². The summed E-state index contributed by atoms with van der Waals surface area (Å²) in [6.07, 6.45) is 8.30. The van der Waals surface area contributed by atoms with Crippen molar-refractivity contribution in [2.24, 2.45) is 11.8 Å². The Bertz CT molecular complexity index is 671. The Balaban J connectivity index is 1.56. The normalized spacial score (nSPS) is 23.4. The van der Waals surface area contributed by atoms with Crippen molar-refractivity contribution >= 4 is 11.8 Å². The summed E-state index contributed by atoms with van der Waals surface area (Å²) in [5, 5.41) is 0. The van der Waals surface area contributed by atoms with E-state index in [1.807, 2.05) is 9.80 Å². The number of carbonyl (C=O) groups is 2. The van der Waals surface area contributed by atoms with Crippen LogP contribution >= 0.6 is 0 Å². The molecule has 2 atom stereocenters. The summed E-state index contributed by atoms with van der Waals surface area (Å²) in [5.41, 5.74) is 0.663. The van der Waals surface area contributed by atoms with Crippen LogP contribution in [-0.4, -0.2) is 65.0 Å². The third-order valence-corrected chi connectivity index (χ3v) is 6.19. The Morgan fingerprint density at radius 1 is 1.14 bits per heavy atom. The summed E-state index contributed by atoms with van der Waals surface area (Å²) in [6.45, 7) is 9.18. The highest BCUT2D eigenvalue weighted by molar-refractivity contribution is 5.94. The smallest absolute Gasteiger partial charge is 0.253 e. The molecule has 0 unspecified atom stereocenters. The predicted molar refractivity (Wildman–Crippen MR) is 112 cm³/mol. The minimum atomic E-state index is 0.00854. The number of morpholine rings is 1. The summed E-state index contributed by atoms with van der Waals surface area (Å²) < 4.78 is 6.26. The minimum absolute atomic E-state index is 0.00854. The number of nitrogens with zero attached hydrogens (tertiary/aromatic N) is 3. The Labute approximate surface area is 174 Å². The Morgan fingerprint density at radius 2 is 1.83 bits per heavy atom. The van der Waals surface area contributed by atoms with Crippen molar-refractivity contribution in [3.8, 4) is 0 Å². The lowest BCUT2D eigenvalue weighted by Gasteiger charge is -2.42. The van der Waals surface area contributed by atoms with E-state index >= 15 is 0 Å². The van der Waals surface area contributed by atoms with E-state index < -0.39 is 0 Å². The van der Waals surface area contributed by atoms with E-state index in [0.717, 1.165) is 32.1 Å². The van der Waals surface area contributed by atoms with Crippen LogP contribution in [0, 0.1) is 11.8 Å². The van der Waals surface area contributed by atoms with E-state index in [4.69, 9.17) is 4.74 Å². The number of carbonyl (C=O) groups excluding carboxylic acids is 2. The van der Waals surface area contributed by atoms with Gasteiger partial charge in [-0.2, -0.15) is 0 Å². The standard InChI is InChI=1S/C23H35N3O3/c1-4-5-6-20-15-26(16-21(29-20)17(2)3)23(28)19-9-13-25(14-10-19)22(27)18-7-11-24-12-8-18/h7-8,11-12,17,19-21H,4-6,9-10,13-16H2,1-3H3/t20-,21-/m1/s1. The lowest BCUT2D eigenvalue weighted by Crippen LogP contribution is -2.54. The molecule has 0 saturated carbocycles. The maximum atomic E-state index is 13.2. The molecule has 1 aromatic heterocycles. The van der Waals surface area contributed by atoms with Gasteiger partial charge in [-0.05, 0) is 37.3 Å². The molecule has 1 aromatic rings. The minimum Gasteiger partial charge on any atom is -0.371 e. The van der Waals surface area contributed by atoms with Crippen molar-refractivity contribution in [1.82, 2.24) is 14.8 Å². The van der Waals surface area contributed by atoms with E-state index in [-0.39, 0.29) is 29.9 Å². The molecule has 3 heterocycles. The number of amides is 2. The molecule has 2 saturated heterocycles. The van der Waals surface area contributed by atoms with Crippen molar-refractivity contribution in [1.29, 1.82) is 0 Å². The Kier molecular flexibility index (Phi) is 7.64. The van der Waals surface area contributed by atoms with Crippen LogP contribution in [0.15, 0.2) is 24.5 Å². The van der Waals surface area contributed by atoms with Crippen molar-refractivity contribution in [2.75, 3.05) is 26.2 Å². The average molecular weight is 402 g/mol. The first-order chi connectivity index (χ1) is 14.0. The summed E-state index contributed by atoms with van der Waals surface area (Å²) in [4.78, 5) is 33.7. The maximum absolute atomic E-state index is 13.2. The van der Waals surface area contributed by atoms with Gasteiger partial charge in [0.1, 0.15) is 0 Å². The van der Waals surface area contributed by atoms with Crippen LogP contribution in [-0.2, 0) is 9.53 Å². The number of unbranched alkanes of at least 4 members (excludes halogenated alkanes) is 1. The Morgan fingerprint density at radius 3 is 2.45 bits per heavy atom. The number of ether oxygens (including phenoxy) is 1. The number of likely N-dealkylation sites (tertiary alicyclic amines) is 1. The average Bonchev–Trinajstić information content (AvgIpc) is 2.77. The van der Waals surface area contributed by atoms with Gasteiger partial charge in [-0.1, -0.05) is 33.6 Å². The van der Waals surface area contributed by atoms with Gasteiger partial charge in [-0.3, -0.25) is 14.6 Å². The second-order valence-electron chi connectivity index (χ2n) is 8.73. The molecule has 2 aliphatic rings. The molecule has 0 aliphatic carbocycles. The monoisotopic (exact) mass is 401 g/mol. The van der Waals surface area contributed by atoms with Gasteiger partial charge >= 0.3 is 0 Å². The van der Waals surface area contributed by atoms with Crippen LogP contribution < -0.4 is 0 Å². The van der Waals surface area contributed by atoms with Crippen molar-refractivity contribution in [2.45, 2.75) is 65.1 Å². The molecule has 0 radical (unpaired) electrons. The van der Waals surface area contributed by atoms with Crippen molar-refractivity contribution in [3.63, 3.8) is 0 Å². The zero-order valence-electron chi connectivity index (χ0n) is 18.0. The molecule has 6 nitrogen and oxygen atoms in total. The zero-order valence-corrected chi connectivity index (χ0v) is 18.0. The fraction of sp³-hybridized carbons (Fsp3) is 0.696. The first-order valence-electron chi connectivity index (χ1n) is 11.1.